The molecule has 1 atom stereocenters. The van der Waals surface area contributed by atoms with Gasteiger partial charge in [-0.05, 0) is 37.3 Å². The molecule has 1 aliphatic rings. The van der Waals surface area contributed by atoms with Crippen molar-refractivity contribution in [2.45, 2.75) is 13.0 Å². The van der Waals surface area contributed by atoms with E-state index in [0.717, 1.165) is 0 Å². The molecular formula is C21H20O8. The number of Topliss-reactive ketones (excluding diaryl/α,β-unsaturated/α-hetero) is 1. The Balaban J connectivity index is 1.94. The molecule has 3 rings (SSSR count). The molecule has 1 unspecified atom stereocenters. The zero-order valence-corrected chi connectivity index (χ0v) is 16.3. The van der Waals surface area contributed by atoms with Crippen LogP contribution >= 0.6 is 0 Å². The summed E-state index contributed by atoms with van der Waals surface area (Å²) in [6.45, 7) is 1.41. The maximum Gasteiger partial charge on any atom is 0.344 e. The number of carboxylic acid groups (broad SMARTS) is 1. The maximum atomic E-state index is 12.7. The highest BCUT2D eigenvalue weighted by atomic mass is 16.5. The number of rotatable bonds is 7. The molecule has 0 radical (unpaired) electrons. The van der Waals surface area contributed by atoms with Crippen molar-refractivity contribution in [3.05, 3.63) is 47.2 Å². The molecular weight excluding hydrogens is 380 g/mol. The number of fused-ring (bicyclic) bond motifs is 1. The van der Waals surface area contributed by atoms with Gasteiger partial charge in [0.05, 0.1) is 26.9 Å². The van der Waals surface area contributed by atoms with Crippen molar-refractivity contribution in [3.63, 3.8) is 0 Å². The van der Waals surface area contributed by atoms with Crippen LogP contribution in [0.2, 0.25) is 0 Å². The lowest BCUT2D eigenvalue weighted by molar-refractivity contribution is -0.144. The van der Waals surface area contributed by atoms with Crippen LogP contribution in [0.4, 0.5) is 0 Å². The second-order valence-electron chi connectivity index (χ2n) is 6.12. The first kappa shape index (κ1) is 20.1. The van der Waals surface area contributed by atoms with Gasteiger partial charge < -0.3 is 28.8 Å². The normalized spacial score (nSPS) is 14.8. The second kappa shape index (κ2) is 8.14. The Bertz CT molecular complexity index is 992. The molecule has 0 spiro atoms. The molecule has 8 nitrogen and oxygen atoms in total. The zero-order valence-electron chi connectivity index (χ0n) is 16.3. The summed E-state index contributed by atoms with van der Waals surface area (Å²) in [7, 11) is 4.49. The average molecular weight is 400 g/mol. The minimum Gasteiger partial charge on any atom is -0.493 e. The van der Waals surface area contributed by atoms with Crippen LogP contribution in [0.15, 0.2) is 36.1 Å². The Morgan fingerprint density at radius 1 is 1.07 bits per heavy atom. The van der Waals surface area contributed by atoms with Gasteiger partial charge in [0.2, 0.25) is 11.5 Å². The van der Waals surface area contributed by atoms with Gasteiger partial charge in [-0.1, -0.05) is 0 Å². The number of hydrogen-bond acceptors (Lipinski definition) is 7. The number of carbonyl (C=O) groups excluding carboxylic acids is 1. The van der Waals surface area contributed by atoms with E-state index >= 15 is 0 Å². The van der Waals surface area contributed by atoms with E-state index in [9.17, 15) is 9.59 Å². The molecule has 0 saturated carbocycles. The number of carbonyl (C=O) groups is 2. The summed E-state index contributed by atoms with van der Waals surface area (Å²) < 4.78 is 27.1. The molecule has 29 heavy (non-hydrogen) atoms. The smallest absolute Gasteiger partial charge is 0.344 e. The highest BCUT2D eigenvalue weighted by Gasteiger charge is 2.29. The van der Waals surface area contributed by atoms with E-state index in [1.807, 2.05) is 0 Å². The molecule has 1 heterocycles. The van der Waals surface area contributed by atoms with Crippen molar-refractivity contribution in [2.75, 3.05) is 21.3 Å². The molecule has 8 heteroatoms. The third-order valence-electron chi connectivity index (χ3n) is 4.32. The summed E-state index contributed by atoms with van der Waals surface area (Å²) >= 11 is 0. The fourth-order valence-corrected chi connectivity index (χ4v) is 2.87. The molecule has 0 aromatic heterocycles. The third-order valence-corrected chi connectivity index (χ3v) is 4.32. The van der Waals surface area contributed by atoms with Crippen molar-refractivity contribution in [3.8, 4) is 28.7 Å². The first-order valence-corrected chi connectivity index (χ1v) is 8.66. The van der Waals surface area contributed by atoms with Crippen LogP contribution in [-0.2, 0) is 4.79 Å². The van der Waals surface area contributed by atoms with E-state index in [0.29, 0.717) is 28.4 Å². The number of carboxylic acids is 1. The predicted octanol–water partition coefficient (Wildman–Crippen LogP) is 3.18. The lowest BCUT2D eigenvalue weighted by Gasteiger charge is -2.14. The standard InChI is InChI=1S/C21H20O8/c1-11(21(23)24)28-13-6-7-14-16(10-13)29-17(18(14)22)9-12-5-8-15(25-2)20(27-4)19(12)26-3/h5-11H,1-4H3,(H,23,24). The van der Waals surface area contributed by atoms with Gasteiger partial charge >= 0.3 is 5.97 Å². The van der Waals surface area contributed by atoms with E-state index in [-0.39, 0.29) is 23.0 Å². The Kier molecular flexibility index (Phi) is 5.63. The Morgan fingerprint density at radius 3 is 2.41 bits per heavy atom. The number of methoxy groups -OCH3 is 3. The Hall–Kier alpha value is -3.68. The SMILES string of the molecule is COc1ccc(C=C2Oc3cc(OC(C)C(=O)O)ccc3C2=O)c(OC)c1OC. The van der Waals surface area contributed by atoms with Crippen molar-refractivity contribution in [1.29, 1.82) is 0 Å². The number of hydrogen-bond donors (Lipinski definition) is 1. The van der Waals surface area contributed by atoms with Crippen molar-refractivity contribution < 1.29 is 38.4 Å². The van der Waals surface area contributed by atoms with Crippen LogP contribution in [0.5, 0.6) is 28.7 Å². The van der Waals surface area contributed by atoms with Gasteiger partial charge in [-0.2, -0.15) is 0 Å². The largest absolute Gasteiger partial charge is 0.493 e. The van der Waals surface area contributed by atoms with Crippen LogP contribution in [-0.4, -0.2) is 44.3 Å². The van der Waals surface area contributed by atoms with Gasteiger partial charge in [0, 0.05) is 11.6 Å². The number of aliphatic carboxylic acids is 1. The summed E-state index contributed by atoms with van der Waals surface area (Å²) in [5, 5.41) is 8.96. The number of ether oxygens (including phenoxy) is 5. The highest BCUT2D eigenvalue weighted by Crippen LogP contribution is 2.42. The summed E-state index contributed by atoms with van der Waals surface area (Å²) in [4.78, 5) is 23.6. The molecule has 0 fully saturated rings. The van der Waals surface area contributed by atoms with Gasteiger partial charge in [0.25, 0.3) is 0 Å². The van der Waals surface area contributed by atoms with E-state index in [4.69, 9.17) is 28.8 Å². The molecule has 2 aromatic rings. The van der Waals surface area contributed by atoms with Gasteiger partial charge in [0.1, 0.15) is 11.5 Å². The fraction of sp³-hybridized carbons (Fsp3) is 0.238. The van der Waals surface area contributed by atoms with Gasteiger partial charge in [-0.15, -0.1) is 0 Å². The number of allylic oxidation sites excluding steroid dienone is 1. The van der Waals surface area contributed by atoms with Crippen LogP contribution in [0.25, 0.3) is 6.08 Å². The molecule has 1 N–H and O–H groups in total. The lowest BCUT2D eigenvalue weighted by Crippen LogP contribution is -2.22. The van der Waals surface area contributed by atoms with Crippen LogP contribution in [0, 0.1) is 0 Å². The lowest BCUT2D eigenvalue weighted by atomic mass is 10.1. The second-order valence-corrected chi connectivity index (χ2v) is 6.12. The quantitative estimate of drug-likeness (QED) is 0.708. The Morgan fingerprint density at radius 2 is 1.79 bits per heavy atom. The molecule has 0 aliphatic carbocycles. The highest BCUT2D eigenvalue weighted by molar-refractivity contribution is 6.14. The van der Waals surface area contributed by atoms with Crippen LogP contribution in [0.1, 0.15) is 22.8 Å². The van der Waals surface area contributed by atoms with Gasteiger partial charge in [-0.25, -0.2) is 4.79 Å². The van der Waals surface area contributed by atoms with Crippen LogP contribution in [0.3, 0.4) is 0 Å². The number of benzene rings is 2. The van der Waals surface area contributed by atoms with E-state index < -0.39 is 12.1 Å². The van der Waals surface area contributed by atoms with E-state index in [2.05, 4.69) is 0 Å². The minimum atomic E-state index is -1.09. The molecule has 1 aliphatic heterocycles. The van der Waals surface area contributed by atoms with Crippen molar-refractivity contribution >= 4 is 17.8 Å². The summed E-state index contributed by atoms with van der Waals surface area (Å²) in [5.41, 5.74) is 0.920. The van der Waals surface area contributed by atoms with Gasteiger partial charge in [-0.3, -0.25) is 4.79 Å². The molecule has 0 bridgehead atoms. The summed E-state index contributed by atoms with van der Waals surface area (Å²) in [6, 6.07) is 7.96. The topological polar surface area (TPSA) is 101 Å². The molecule has 0 amide bonds. The van der Waals surface area contributed by atoms with Gasteiger partial charge in [0.15, 0.2) is 23.4 Å². The molecule has 2 aromatic carbocycles. The summed E-state index contributed by atoms with van der Waals surface area (Å²) in [6.07, 6.45) is 0.514. The predicted molar refractivity (Wildman–Crippen MR) is 103 cm³/mol. The Labute approximate surface area is 167 Å². The average Bonchev–Trinajstić information content (AvgIpc) is 3.02. The fourth-order valence-electron chi connectivity index (χ4n) is 2.87. The van der Waals surface area contributed by atoms with E-state index in [1.165, 1.54) is 46.5 Å². The van der Waals surface area contributed by atoms with Crippen LogP contribution < -0.4 is 23.7 Å². The molecule has 0 saturated heterocycles. The first-order valence-electron chi connectivity index (χ1n) is 8.66. The first-order chi connectivity index (χ1) is 13.9. The monoisotopic (exact) mass is 400 g/mol. The zero-order chi connectivity index (χ0) is 21.1. The third kappa shape index (κ3) is 3.82. The van der Waals surface area contributed by atoms with Crippen molar-refractivity contribution in [2.24, 2.45) is 0 Å². The maximum absolute atomic E-state index is 12.7. The minimum absolute atomic E-state index is 0.0916. The summed E-state index contributed by atoms with van der Waals surface area (Å²) in [5.74, 6) is 0.541. The number of ketones is 1. The van der Waals surface area contributed by atoms with Crippen molar-refractivity contribution in [1.82, 2.24) is 0 Å². The molecule has 152 valence electrons. The van der Waals surface area contributed by atoms with E-state index in [1.54, 1.807) is 18.2 Å².